The summed E-state index contributed by atoms with van der Waals surface area (Å²) in [6.45, 7) is 3.07. The maximum Gasteiger partial charge on any atom is 0.207 e. The molecule has 2 unspecified atom stereocenters. The third kappa shape index (κ3) is 6.80. The number of hydrogen-bond acceptors (Lipinski definition) is 3. The highest BCUT2D eigenvalue weighted by atomic mass is 31.1. The first kappa shape index (κ1) is 12.1. The highest BCUT2D eigenvalue weighted by molar-refractivity contribution is 7.39. The summed E-state index contributed by atoms with van der Waals surface area (Å²) in [6, 6.07) is 0. The van der Waals surface area contributed by atoms with E-state index < -0.39 is 8.03 Å². The van der Waals surface area contributed by atoms with Crippen molar-refractivity contribution in [2.24, 2.45) is 5.73 Å². The van der Waals surface area contributed by atoms with Crippen LogP contribution in [0.5, 0.6) is 0 Å². The van der Waals surface area contributed by atoms with Crippen LogP contribution in [-0.4, -0.2) is 44.6 Å². The SMILES string of the molecule is CC(N)[PH](=O)OCC[N+](C)(C)C. The van der Waals surface area contributed by atoms with Gasteiger partial charge in [0.2, 0.25) is 8.03 Å². The van der Waals surface area contributed by atoms with Crippen molar-refractivity contribution >= 4 is 8.03 Å². The number of nitrogens with zero attached hydrogens (tertiary/aromatic N) is 1. The van der Waals surface area contributed by atoms with E-state index in [0.29, 0.717) is 6.61 Å². The minimum absolute atomic E-state index is 0.331. The molecule has 4 nitrogen and oxygen atoms in total. The van der Waals surface area contributed by atoms with Gasteiger partial charge in [-0.1, -0.05) is 0 Å². The minimum atomic E-state index is -2.01. The Hall–Kier alpha value is 0.110. The van der Waals surface area contributed by atoms with Crippen LogP contribution in [0.3, 0.4) is 0 Å². The van der Waals surface area contributed by atoms with E-state index in [4.69, 9.17) is 10.3 Å². The minimum Gasteiger partial charge on any atom is -0.329 e. The summed E-state index contributed by atoms with van der Waals surface area (Å²) in [7, 11) is 4.17. The molecule has 2 atom stereocenters. The largest absolute Gasteiger partial charge is 0.329 e. The Bertz CT molecular complexity index is 154. The molecule has 5 heteroatoms. The fourth-order valence-electron chi connectivity index (χ4n) is 0.552. The number of rotatable bonds is 5. The molecule has 12 heavy (non-hydrogen) atoms. The molecule has 0 saturated heterocycles. The molecule has 0 saturated carbocycles. The summed E-state index contributed by atoms with van der Waals surface area (Å²) >= 11 is 0. The zero-order valence-corrected chi connectivity index (χ0v) is 9.33. The van der Waals surface area contributed by atoms with Crippen LogP contribution >= 0.6 is 8.03 Å². The highest BCUT2D eigenvalue weighted by Gasteiger charge is 2.09. The molecule has 74 valence electrons. The van der Waals surface area contributed by atoms with Crippen LogP contribution in [0.25, 0.3) is 0 Å². The smallest absolute Gasteiger partial charge is 0.207 e. The summed E-state index contributed by atoms with van der Waals surface area (Å²) < 4.78 is 17.0. The third-order valence-electron chi connectivity index (χ3n) is 1.38. The molecule has 0 spiro atoms. The summed E-state index contributed by atoms with van der Waals surface area (Å²) in [5, 5.41) is 0. The highest BCUT2D eigenvalue weighted by Crippen LogP contribution is 2.24. The molecule has 0 rings (SSSR count). The van der Waals surface area contributed by atoms with Crippen molar-refractivity contribution in [3.63, 3.8) is 0 Å². The predicted octanol–water partition coefficient (Wildman–Crippen LogP) is 0.489. The summed E-state index contributed by atoms with van der Waals surface area (Å²) in [5.41, 5.74) is 5.39. The van der Waals surface area contributed by atoms with Gasteiger partial charge in [0.05, 0.1) is 26.9 Å². The molecule has 0 aliphatic carbocycles. The van der Waals surface area contributed by atoms with Crippen molar-refractivity contribution in [3.05, 3.63) is 0 Å². The molecular formula is C7H20N2O2P+. The van der Waals surface area contributed by atoms with E-state index in [2.05, 4.69) is 21.1 Å². The van der Waals surface area contributed by atoms with Crippen molar-refractivity contribution in [3.8, 4) is 0 Å². The molecule has 0 aliphatic rings. The van der Waals surface area contributed by atoms with E-state index in [-0.39, 0.29) is 5.78 Å². The Morgan fingerprint density at radius 1 is 1.50 bits per heavy atom. The summed E-state index contributed by atoms with van der Waals surface area (Å²) in [5.74, 6) is -0.331. The first-order chi connectivity index (χ1) is 5.33. The van der Waals surface area contributed by atoms with Gasteiger partial charge in [0.1, 0.15) is 13.2 Å². The monoisotopic (exact) mass is 195 g/mol. The molecule has 0 aromatic carbocycles. The van der Waals surface area contributed by atoms with Gasteiger partial charge in [-0.25, -0.2) is 0 Å². The first-order valence-electron chi connectivity index (χ1n) is 4.05. The number of likely N-dealkylation sites (N-methyl/N-ethyl adjacent to an activating group) is 1. The lowest BCUT2D eigenvalue weighted by molar-refractivity contribution is -0.870. The third-order valence-corrected chi connectivity index (χ3v) is 2.61. The molecule has 0 aromatic rings. The van der Waals surface area contributed by atoms with Crippen molar-refractivity contribution in [2.45, 2.75) is 12.7 Å². The van der Waals surface area contributed by atoms with Gasteiger partial charge in [-0.3, -0.25) is 4.57 Å². The average molecular weight is 195 g/mol. The van der Waals surface area contributed by atoms with E-state index in [1.165, 1.54) is 0 Å². The second-order valence-electron chi connectivity index (χ2n) is 3.97. The van der Waals surface area contributed by atoms with Crippen LogP contribution in [0.2, 0.25) is 0 Å². The fourth-order valence-corrected chi connectivity index (χ4v) is 1.11. The van der Waals surface area contributed by atoms with Gasteiger partial charge in [-0.15, -0.1) is 0 Å². The zero-order valence-electron chi connectivity index (χ0n) is 8.33. The number of hydrogen-bond donors (Lipinski definition) is 1. The second-order valence-corrected chi connectivity index (χ2v) is 5.81. The van der Waals surface area contributed by atoms with Crippen molar-refractivity contribution in [1.82, 2.24) is 0 Å². The van der Waals surface area contributed by atoms with Gasteiger partial charge in [0, 0.05) is 0 Å². The second kappa shape index (κ2) is 4.97. The Morgan fingerprint density at radius 2 is 2.00 bits per heavy atom. The van der Waals surface area contributed by atoms with E-state index in [0.717, 1.165) is 11.0 Å². The summed E-state index contributed by atoms with van der Waals surface area (Å²) in [4.78, 5) is 0. The molecule has 2 N–H and O–H groups in total. The number of nitrogens with two attached hydrogens (primary N) is 1. The molecular weight excluding hydrogens is 175 g/mol. The predicted molar refractivity (Wildman–Crippen MR) is 51.5 cm³/mol. The molecule has 0 heterocycles. The molecule has 0 fully saturated rings. The Kier molecular flexibility index (Phi) is 5.02. The van der Waals surface area contributed by atoms with Crippen molar-refractivity contribution in [2.75, 3.05) is 34.3 Å². The Morgan fingerprint density at radius 3 is 2.33 bits per heavy atom. The van der Waals surface area contributed by atoms with Crippen LogP contribution in [0.15, 0.2) is 0 Å². The Balaban J connectivity index is 3.51. The maximum absolute atomic E-state index is 11.1. The average Bonchev–Trinajstić information content (AvgIpc) is 1.84. The van der Waals surface area contributed by atoms with Gasteiger partial charge in [-0.05, 0) is 6.92 Å². The van der Waals surface area contributed by atoms with Crippen LogP contribution in [-0.2, 0) is 9.09 Å². The standard InChI is InChI=1S/C7H20N2O2P/c1-7(8)12(10)11-6-5-9(2,3)4/h7,12H,5-6,8H2,1-4H3/q+1. The van der Waals surface area contributed by atoms with E-state index in [1.54, 1.807) is 6.92 Å². The molecule has 0 bridgehead atoms. The van der Waals surface area contributed by atoms with Gasteiger partial charge in [0.15, 0.2) is 0 Å². The van der Waals surface area contributed by atoms with E-state index in [1.807, 2.05) is 0 Å². The maximum atomic E-state index is 11.1. The van der Waals surface area contributed by atoms with Crippen LogP contribution in [0.1, 0.15) is 6.92 Å². The molecule has 0 aliphatic heterocycles. The summed E-state index contributed by atoms with van der Waals surface area (Å²) in [6.07, 6.45) is 0. The van der Waals surface area contributed by atoms with Crippen LogP contribution in [0, 0.1) is 0 Å². The molecule has 0 aromatic heterocycles. The van der Waals surface area contributed by atoms with Crippen LogP contribution < -0.4 is 5.73 Å². The van der Waals surface area contributed by atoms with Crippen molar-refractivity contribution in [1.29, 1.82) is 0 Å². The zero-order chi connectivity index (χ0) is 9.78. The normalized spacial score (nSPS) is 17.4. The van der Waals surface area contributed by atoms with Gasteiger partial charge in [0.25, 0.3) is 0 Å². The number of quaternary nitrogens is 1. The fraction of sp³-hybridized carbons (Fsp3) is 1.00. The topological polar surface area (TPSA) is 52.3 Å². The Labute approximate surface area is 75.1 Å². The van der Waals surface area contributed by atoms with E-state index >= 15 is 0 Å². The van der Waals surface area contributed by atoms with Gasteiger partial charge < -0.3 is 14.7 Å². The van der Waals surface area contributed by atoms with Crippen molar-refractivity contribution < 1.29 is 13.6 Å². The lowest BCUT2D eigenvalue weighted by Gasteiger charge is -2.23. The quantitative estimate of drug-likeness (QED) is 0.513. The van der Waals surface area contributed by atoms with Gasteiger partial charge in [-0.2, -0.15) is 0 Å². The lowest BCUT2D eigenvalue weighted by Crippen LogP contribution is -2.37. The van der Waals surface area contributed by atoms with E-state index in [9.17, 15) is 4.57 Å². The van der Waals surface area contributed by atoms with Crippen LogP contribution in [0.4, 0.5) is 0 Å². The first-order valence-corrected chi connectivity index (χ1v) is 5.45. The lowest BCUT2D eigenvalue weighted by atomic mass is 10.5. The van der Waals surface area contributed by atoms with Gasteiger partial charge >= 0.3 is 0 Å². The molecule has 0 amide bonds. The molecule has 0 radical (unpaired) electrons.